The van der Waals surface area contributed by atoms with Crippen LogP contribution in [0.4, 0.5) is 14.7 Å². The SMILES string of the molecule is CC(C)(C)OC(=O)N(C(=O)OC(C)(C)C)c1nc2sc(C=O)cc2s1. The maximum atomic E-state index is 12.5. The lowest BCUT2D eigenvalue weighted by Gasteiger charge is -2.27. The van der Waals surface area contributed by atoms with Crippen LogP contribution in [0.2, 0.25) is 0 Å². The average Bonchev–Trinajstić information content (AvgIpc) is 2.91. The molecule has 0 atom stereocenters. The fraction of sp³-hybridized carbons (Fsp3) is 0.500. The lowest BCUT2D eigenvalue weighted by Crippen LogP contribution is -2.43. The molecule has 9 heteroatoms. The standard InChI is InChI=1S/C16H20N2O5S2/c1-15(2,3)22-13(20)18(14(21)23-16(4,5)6)12-17-11-10(25-12)7-9(8-19)24-11/h7-8H,1-6H3. The van der Waals surface area contributed by atoms with E-state index in [-0.39, 0.29) is 5.13 Å². The van der Waals surface area contributed by atoms with Gasteiger partial charge in [0.05, 0.1) is 9.58 Å². The highest BCUT2D eigenvalue weighted by Gasteiger charge is 2.35. The first-order chi connectivity index (χ1) is 11.4. The minimum atomic E-state index is -0.862. The van der Waals surface area contributed by atoms with Gasteiger partial charge < -0.3 is 9.47 Å². The summed E-state index contributed by atoms with van der Waals surface area (Å²) >= 11 is 2.30. The average molecular weight is 384 g/mol. The van der Waals surface area contributed by atoms with Crippen molar-refractivity contribution in [2.45, 2.75) is 52.7 Å². The van der Waals surface area contributed by atoms with Gasteiger partial charge in [0.15, 0.2) is 6.29 Å². The maximum absolute atomic E-state index is 12.5. The third kappa shape index (κ3) is 4.99. The molecule has 2 aromatic rings. The van der Waals surface area contributed by atoms with E-state index in [0.717, 1.165) is 22.5 Å². The summed E-state index contributed by atoms with van der Waals surface area (Å²) in [6.45, 7) is 10.2. The van der Waals surface area contributed by atoms with Gasteiger partial charge in [-0.25, -0.2) is 14.6 Å². The van der Waals surface area contributed by atoms with Crippen LogP contribution in [0.15, 0.2) is 6.07 Å². The van der Waals surface area contributed by atoms with Crippen LogP contribution in [0.1, 0.15) is 51.2 Å². The Balaban J connectivity index is 2.40. The topological polar surface area (TPSA) is 85.8 Å². The molecule has 2 aromatic heterocycles. The summed E-state index contributed by atoms with van der Waals surface area (Å²) in [6.07, 6.45) is -0.990. The van der Waals surface area contributed by atoms with Gasteiger partial charge in [-0.3, -0.25) is 4.79 Å². The van der Waals surface area contributed by atoms with Gasteiger partial charge in [0.1, 0.15) is 16.0 Å². The second-order valence-corrected chi connectivity index (χ2v) is 9.30. The van der Waals surface area contributed by atoms with Gasteiger partial charge in [-0.1, -0.05) is 11.3 Å². The van der Waals surface area contributed by atoms with Crippen LogP contribution in [0.3, 0.4) is 0 Å². The number of ether oxygens (including phenoxy) is 2. The highest BCUT2D eigenvalue weighted by atomic mass is 32.1. The predicted octanol–water partition coefficient (Wildman–Crippen LogP) is 4.85. The number of carbonyl (C=O) groups is 3. The molecule has 0 unspecified atom stereocenters. The second-order valence-electron chi connectivity index (χ2n) is 7.23. The van der Waals surface area contributed by atoms with Crippen molar-refractivity contribution in [3.63, 3.8) is 0 Å². The monoisotopic (exact) mass is 384 g/mol. The van der Waals surface area contributed by atoms with Gasteiger partial charge in [-0.05, 0) is 47.6 Å². The smallest absolute Gasteiger partial charge is 0.426 e. The summed E-state index contributed by atoms with van der Waals surface area (Å²) < 4.78 is 11.3. The number of anilines is 1. The van der Waals surface area contributed by atoms with E-state index in [1.54, 1.807) is 47.6 Å². The first kappa shape index (κ1) is 19.3. The first-order valence-corrected chi connectivity index (χ1v) is 9.14. The van der Waals surface area contributed by atoms with E-state index >= 15 is 0 Å². The Hall–Kier alpha value is -2.00. The molecule has 0 N–H and O–H groups in total. The lowest BCUT2D eigenvalue weighted by molar-refractivity contribution is 0.0430. The number of amides is 2. The molecule has 2 heterocycles. The minimum Gasteiger partial charge on any atom is -0.443 e. The van der Waals surface area contributed by atoms with E-state index < -0.39 is 23.4 Å². The Labute approximate surface area is 153 Å². The largest absolute Gasteiger partial charge is 0.443 e. The van der Waals surface area contributed by atoms with E-state index in [4.69, 9.17) is 9.47 Å². The molecule has 0 aliphatic rings. The van der Waals surface area contributed by atoms with Crippen LogP contribution in [0.5, 0.6) is 0 Å². The number of fused-ring (bicyclic) bond motifs is 1. The second kappa shape index (κ2) is 6.72. The van der Waals surface area contributed by atoms with Crippen molar-refractivity contribution in [2.24, 2.45) is 0 Å². The molecule has 0 aromatic carbocycles. The molecule has 136 valence electrons. The quantitative estimate of drug-likeness (QED) is 0.688. The normalized spacial score (nSPS) is 12.1. The molecule has 7 nitrogen and oxygen atoms in total. The maximum Gasteiger partial charge on any atom is 0.426 e. The fourth-order valence-corrected chi connectivity index (χ4v) is 3.76. The van der Waals surface area contributed by atoms with Crippen LogP contribution in [0, 0.1) is 0 Å². The Morgan fingerprint density at radius 3 is 1.96 bits per heavy atom. The molecular weight excluding hydrogens is 364 g/mol. The predicted molar refractivity (Wildman–Crippen MR) is 97.8 cm³/mol. The lowest BCUT2D eigenvalue weighted by atomic mass is 10.2. The molecule has 0 fully saturated rings. The number of rotatable bonds is 2. The van der Waals surface area contributed by atoms with Gasteiger partial charge in [-0.2, -0.15) is 4.90 Å². The van der Waals surface area contributed by atoms with Crippen molar-refractivity contribution in [1.82, 2.24) is 4.98 Å². The van der Waals surface area contributed by atoms with Gasteiger partial charge >= 0.3 is 12.2 Å². The zero-order valence-electron chi connectivity index (χ0n) is 14.9. The third-order valence-corrected chi connectivity index (χ3v) is 4.63. The number of thiazole rings is 1. The van der Waals surface area contributed by atoms with Crippen LogP contribution in [-0.2, 0) is 9.47 Å². The minimum absolute atomic E-state index is 0.141. The summed E-state index contributed by atoms with van der Waals surface area (Å²) in [7, 11) is 0. The summed E-state index contributed by atoms with van der Waals surface area (Å²) in [5, 5.41) is 0.141. The molecular formula is C16H20N2O5S2. The summed E-state index contributed by atoms with van der Waals surface area (Å²) in [5.74, 6) is 0. The summed E-state index contributed by atoms with van der Waals surface area (Å²) in [6, 6.07) is 1.66. The van der Waals surface area contributed by atoms with Crippen molar-refractivity contribution in [3.8, 4) is 0 Å². The van der Waals surface area contributed by atoms with Crippen LogP contribution >= 0.6 is 22.7 Å². The Morgan fingerprint density at radius 2 is 1.56 bits per heavy atom. The molecule has 0 aliphatic carbocycles. The number of thiophene rings is 1. The molecule has 0 saturated heterocycles. The summed E-state index contributed by atoms with van der Waals surface area (Å²) in [5.41, 5.74) is -1.56. The molecule has 2 amide bonds. The van der Waals surface area contributed by atoms with Gasteiger partial charge in [-0.15, -0.1) is 11.3 Å². The van der Waals surface area contributed by atoms with Crippen molar-refractivity contribution in [3.05, 3.63) is 10.9 Å². The molecule has 0 spiro atoms. The zero-order valence-corrected chi connectivity index (χ0v) is 16.5. The Kier molecular flexibility index (Phi) is 5.19. The van der Waals surface area contributed by atoms with Crippen LogP contribution in [-0.4, -0.2) is 34.7 Å². The van der Waals surface area contributed by atoms with Crippen molar-refractivity contribution in [2.75, 3.05) is 4.90 Å². The number of hydrogen-bond donors (Lipinski definition) is 0. The fourth-order valence-electron chi connectivity index (χ4n) is 1.74. The number of nitrogens with zero attached hydrogens (tertiary/aromatic N) is 2. The highest BCUT2D eigenvalue weighted by molar-refractivity contribution is 7.29. The van der Waals surface area contributed by atoms with Crippen LogP contribution in [0.25, 0.3) is 9.53 Å². The molecule has 25 heavy (non-hydrogen) atoms. The van der Waals surface area contributed by atoms with E-state index in [2.05, 4.69) is 4.98 Å². The zero-order chi connectivity index (χ0) is 19.0. The summed E-state index contributed by atoms with van der Waals surface area (Å²) in [4.78, 5) is 42.1. The number of hydrogen-bond acceptors (Lipinski definition) is 8. The highest BCUT2D eigenvalue weighted by Crippen LogP contribution is 2.35. The van der Waals surface area contributed by atoms with E-state index in [9.17, 15) is 14.4 Å². The number of aromatic nitrogens is 1. The number of imide groups is 1. The van der Waals surface area contributed by atoms with Crippen molar-refractivity contribution < 1.29 is 23.9 Å². The molecule has 0 radical (unpaired) electrons. The van der Waals surface area contributed by atoms with Gasteiger partial charge in [0, 0.05) is 0 Å². The molecule has 0 bridgehead atoms. The molecule has 2 rings (SSSR count). The molecule has 0 saturated carbocycles. The number of aldehydes is 1. The van der Waals surface area contributed by atoms with Crippen molar-refractivity contribution in [1.29, 1.82) is 0 Å². The third-order valence-electron chi connectivity index (χ3n) is 2.56. The van der Waals surface area contributed by atoms with E-state index in [1.165, 1.54) is 11.3 Å². The first-order valence-electron chi connectivity index (χ1n) is 7.51. The number of carbonyl (C=O) groups excluding carboxylic acids is 3. The Morgan fingerprint density at radius 1 is 1.04 bits per heavy atom. The van der Waals surface area contributed by atoms with Gasteiger partial charge in [0.25, 0.3) is 0 Å². The molecule has 0 aliphatic heterocycles. The van der Waals surface area contributed by atoms with E-state index in [0.29, 0.717) is 14.4 Å². The van der Waals surface area contributed by atoms with Crippen LogP contribution < -0.4 is 4.90 Å². The Bertz CT molecular complexity index is 751. The van der Waals surface area contributed by atoms with E-state index in [1.807, 2.05) is 0 Å². The van der Waals surface area contributed by atoms with Crippen molar-refractivity contribution >= 4 is 55.8 Å². The van der Waals surface area contributed by atoms with Gasteiger partial charge in [0.2, 0.25) is 5.13 Å².